The van der Waals surface area contributed by atoms with Crippen LogP contribution in [0.15, 0.2) is 0 Å². The Labute approximate surface area is 134 Å². The summed E-state index contributed by atoms with van der Waals surface area (Å²) < 4.78 is 0. The first-order valence-electron chi connectivity index (χ1n) is 9.39. The standard InChI is InChI=1S/C19H32O3/c1-17-7-3-4-14(17)13-10-16(21)19(22)11-12(20)5-9-18(19,2)15(13)6-8-17/h12-16,20-22H,3-11H2,1-2H3/t12-,13-,14-,15-,16+,17-,18+,19-/m1/s1. The van der Waals surface area contributed by atoms with E-state index >= 15 is 0 Å². The summed E-state index contributed by atoms with van der Waals surface area (Å²) in [5.74, 6) is 1.82. The van der Waals surface area contributed by atoms with Gasteiger partial charge >= 0.3 is 0 Å². The summed E-state index contributed by atoms with van der Waals surface area (Å²) in [4.78, 5) is 0. The highest BCUT2D eigenvalue weighted by atomic mass is 16.3. The number of aliphatic hydroxyl groups is 3. The van der Waals surface area contributed by atoms with Gasteiger partial charge in [-0.05, 0) is 68.1 Å². The van der Waals surface area contributed by atoms with Gasteiger partial charge in [0.25, 0.3) is 0 Å². The second-order valence-electron chi connectivity index (χ2n) is 9.45. The Morgan fingerprint density at radius 1 is 0.909 bits per heavy atom. The summed E-state index contributed by atoms with van der Waals surface area (Å²) >= 11 is 0. The van der Waals surface area contributed by atoms with E-state index in [1.807, 2.05) is 0 Å². The highest BCUT2D eigenvalue weighted by Crippen LogP contribution is 2.67. The minimum absolute atomic E-state index is 0.224. The molecule has 126 valence electrons. The van der Waals surface area contributed by atoms with Gasteiger partial charge in [0.2, 0.25) is 0 Å². The van der Waals surface area contributed by atoms with Crippen molar-refractivity contribution in [3.63, 3.8) is 0 Å². The lowest BCUT2D eigenvalue weighted by Gasteiger charge is -2.65. The molecule has 0 aromatic heterocycles. The van der Waals surface area contributed by atoms with Crippen molar-refractivity contribution in [2.75, 3.05) is 0 Å². The molecule has 4 aliphatic carbocycles. The molecule has 0 radical (unpaired) electrons. The SMILES string of the molecule is C[C@]12CCC[C@@H]1[C@H]1C[C@H](O)[C@]3(O)C[C@H](O)CC[C@@]3(C)[C@@H]1CC2. The Morgan fingerprint density at radius 3 is 2.45 bits per heavy atom. The minimum atomic E-state index is -1.09. The first-order chi connectivity index (χ1) is 10.3. The minimum Gasteiger partial charge on any atom is -0.393 e. The lowest BCUT2D eigenvalue weighted by molar-refractivity contribution is -0.263. The van der Waals surface area contributed by atoms with Crippen LogP contribution in [0.5, 0.6) is 0 Å². The van der Waals surface area contributed by atoms with Crippen LogP contribution in [0.1, 0.15) is 71.6 Å². The van der Waals surface area contributed by atoms with E-state index in [4.69, 9.17) is 0 Å². The van der Waals surface area contributed by atoms with Crippen LogP contribution in [0, 0.1) is 28.6 Å². The molecule has 3 N–H and O–H groups in total. The van der Waals surface area contributed by atoms with E-state index in [-0.39, 0.29) is 5.41 Å². The van der Waals surface area contributed by atoms with Gasteiger partial charge < -0.3 is 15.3 Å². The largest absolute Gasteiger partial charge is 0.393 e. The van der Waals surface area contributed by atoms with E-state index < -0.39 is 17.8 Å². The van der Waals surface area contributed by atoms with Gasteiger partial charge in [0, 0.05) is 11.8 Å². The van der Waals surface area contributed by atoms with Gasteiger partial charge in [-0.15, -0.1) is 0 Å². The molecule has 4 rings (SSSR count). The topological polar surface area (TPSA) is 60.7 Å². The zero-order valence-electron chi connectivity index (χ0n) is 14.1. The molecule has 0 aliphatic heterocycles. The average Bonchev–Trinajstić information content (AvgIpc) is 2.84. The molecule has 0 saturated heterocycles. The van der Waals surface area contributed by atoms with E-state index in [0.29, 0.717) is 23.7 Å². The first kappa shape index (κ1) is 15.4. The van der Waals surface area contributed by atoms with Gasteiger partial charge in [-0.3, -0.25) is 0 Å². The molecule has 4 fully saturated rings. The molecular weight excluding hydrogens is 276 g/mol. The van der Waals surface area contributed by atoms with Crippen molar-refractivity contribution in [1.82, 2.24) is 0 Å². The van der Waals surface area contributed by atoms with Crippen LogP contribution in [-0.4, -0.2) is 33.1 Å². The van der Waals surface area contributed by atoms with Gasteiger partial charge in [0.15, 0.2) is 0 Å². The molecular formula is C19H32O3. The van der Waals surface area contributed by atoms with Crippen molar-refractivity contribution >= 4 is 0 Å². The van der Waals surface area contributed by atoms with Crippen LogP contribution >= 0.6 is 0 Å². The second-order valence-corrected chi connectivity index (χ2v) is 9.45. The molecule has 0 spiro atoms. The third kappa shape index (κ3) is 1.79. The second kappa shape index (κ2) is 4.70. The number of hydrogen-bond donors (Lipinski definition) is 3. The fourth-order valence-corrected chi connectivity index (χ4v) is 7.25. The zero-order chi connectivity index (χ0) is 15.8. The Kier molecular flexibility index (Phi) is 3.30. The number of hydrogen-bond acceptors (Lipinski definition) is 3. The molecule has 0 aromatic carbocycles. The monoisotopic (exact) mass is 308 g/mol. The van der Waals surface area contributed by atoms with Crippen molar-refractivity contribution in [2.45, 2.75) is 89.4 Å². The van der Waals surface area contributed by atoms with E-state index in [1.54, 1.807) is 0 Å². The third-order valence-electron chi connectivity index (χ3n) is 8.62. The highest BCUT2D eigenvalue weighted by Gasteiger charge is 2.66. The van der Waals surface area contributed by atoms with E-state index in [1.165, 1.54) is 32.1 Å². The van der Waals surface area contributed by atoms with E-state index in [2.05, 4.69) is 13.8 Å². The molecule has 0 amide bonds. The lowest BCUT2D eigenvalue weighted by atomic mass is 9.43. The number of aliphatic hydroxyl groups excluding tert-OH is 2. The van der Waals surface area contributed by atoms with E-state index in [0.717, 1.165) is 25.2 Å². The molecule has 0 heterocycles. The predicted octanol–water partition coefficient (Wildman–Crippen LogP) is 2.87. The molecule has 0 bridgehead atoms. The fraction of sp³-hybridized carbons (Fsp3) is 1.00. The van der Waals surface area contributed by atoms with Gasteiger partial charge in [-0.2, -0.15) is 0 Å². The van der Waals surface area contributed by atoms with E-state index in [9.17, 15) is 15.3 Å². The summed E-state index contributed by atoms with van der Waals surface area (Å²) in [6.07, 6.45) is 8.06. The summed E-state index contributed by atoms with van der Waals surface area (Å²) in [6.45, 7) is 4.66. The predicted molar refractivity (Wildman–Crippen MR) is 85.2 cm³/mol. The summed E-state index contributed by atoms with van der Waals surface area (Å²) in [6, 6.07) is 0. The number of fused-ring (bicyclic) bond motifs is 5. The molecule has 8 atom stereocenters. The third-order valence-corrected chi connectivity index (χ3v) is 8.62. The molecule has 4 aliphatic rings. The zero-order valence-corrected chi connectivity index (χ0v) is 14.1. The van der Waals surface area contributed by atoms with Gasteiger partial charge in [0.05, 0.1) is 17.8 Å². The lowest BCUT2D eigenvalue weighted by Crippen LogP contribution is -2.68. The Bertz CT molecular complexity index is 466. The Morgan fingerprint density at radius 2 is 1.68 bits per heavy atom. The molecule has 3 heteroatoms. The van der Waals surface area contributed by atoms with Crippen LogP contribution in [0.2, 0.25) is 0 Å². The van der Waals surface area contributed by atoms with Gasteiger partial charge in [0.1, 0.15) is 0 Å². The van der Waals surface area contributed by atoms with Crippen molar-refractivity contribution in [2.24, 2.45) is 28.6 Å². The van der Waals surface area contributed by atoms with Crippen molar-refractivity contribution in [1.29, 1.82) is 0 Å². The van der Waals surface area contributed by atoms with Crippen LogP contribution in [0.4, 0.5) is 0 Å². The molecule has 3 nitrogen and oxygen atoms in total. The first-order valence-corrected chi connectivity index (χ1v) is 9.39. The van der Waals surface area contributed by atoms with Crippen LogP contribution in [-0.2, 0) is 0 Å². The van der Waals surface area contributed by atoms with Crippen LogP contribution < -0.4 is 0 Å². The van der Waals surface area contributed by atoms with Crippen LogP contribution in [0.3, 0.4) is 0 Å². The Hall–Kier alpha value is -0.120. The molecule has 4 saturated carbocycles. The Balaban J connectivity index is 1.71. The summed E-state index contributed by atoms with van der Waals surface area (Å²) in [5.41, 5.74) is -0.836. The molecule has 22 heavy (non-hydrogen) atoms. The molecule has 0 aromatic rings. The fourth-order valence-electron chi connectivity index (χ4n) is 7.25. The smallest absolute Gasteiger partial charge is 0.0985 e. The average molecular weight is 308 g/mol. The maximum absolute atomic E-state index is 11.3. The van der Waals surface area contributed by atoms with Crippen molar-refractivity contribution in [3.05, 3.63) is 0 Å². The van der Waals surface area contributed by atoms with Gasteiger partial charge in [-0.1, -0.05) is 20.3 Å². The van der Waals surface area contributed by atoms with Crippen molar-refractivity contribution in [3.8, 4) is 0 Å². The summed E-state index contributed by atoms with van der Waals surface area (Å²) in [5, 5.41) is 32.2. The maximum atomic E-state index is 11.3. The maximum Gasteiger partial charge on any atom is 0.0985 e. The van der Waals surface area contributed by atoms with Crippen molar-refractivity contribution < 1.29 is 15.3 Å². The number of rotatable bonds is 0. The van der Waals surface area contributed by atoms with Gasteiger partial charge in [-0.25, -0.2) is 0 Å². The summed E-state index contributed by atoms with van der Waals surface area (Å²) in [7, 11) is 0. The highest BCUT2D eigenvalue weighted by molar-refractivity contribution is 5.16. The normalized spacial score (nSPS) is 61.2. The molecule has 0 unspecified atom stereocenters. The van der Waals surface area contributed by atoms with Crippen LogP contribution in [0.25, 0.3) is 0 Å². The quantitative estimate of drug-likeness (QED) is 0.645.